The Morgan fingerprint density at radius 1 is 0.875 bits per heavy atom. The molecule has 3 aliphatic rings. The Balaban J connectivity index is 1.02. The van der Waals surface area contributed by atoms with Gasteiger partial charge in [0.15, 0.2) is 0 Å². The van der Waals surface area contributed by atoms with Gasteiger partial charge in [0.2, 0.25) is 5.91 Å². The van der Waals surface area contributed by atoms with Crippen molar-refractivity contribution in [2.24, 2.45) is 0 Å². The number of hydrogen-bond donors (Lipinski definition) is 2. The number of amides is 1. The lowest BCUT2D eigenvalue weighted by atomic mass is 9.92. The third kappa shape index (κ3) is 5.37. The Kier molecular flexibility index (Phi) is 6.80. The van der Waals surface area contributed by atoms with Crippen molar-refractivity contribution in [3.63, 3.8) is 0 Å². The van der Waals surface area contributed by atoms with E-state index in [-0.39, 0.29) is 11.8 Å². The van der Waals surface area contributed by atoms with Gasteiger partial charge in [-0.05, 0) is 59.4 Å². The quantitative estimate of drug-likeness (QED) is 0.319. The zero-order valence-corrected chi connectivity index (χ0v) is 22.7. The molecule has 1 atom stereocenters. The molecule has 1 saturated carbocycles. The van der Waals surface area contributed by atoms with Gasteiger partial charge in [-0.3, -0.25) is 19.7 Å². The van der Waals surface area contributed by atoms with Gasteiger partial charge in [-0.15, -0.1) is 0 Å². The molecule has 0 spiro atoms. The Hall–Kier alpha value is -4.00. The van der Waals surface area contributed by atoms with Crippen molar-refractivity contribution in [3.8, 4) is 0 Å². The van der Waals surface area contributed by atoms with Gasteiger partial charge in [-0.25, -0.2) is 0 Å². The first-order valence-corrected chi connectivity index (χ1v) is 14.5. The van der Waals surface area contributed by atoms with Crippen molar-refractivity contribution in [1.82, 2.24) is 25.3 Å². The van der Waals surface area contributed by atoms with Gasteiger partial charge in [0.25, 0.3) is 0 Å². The van der Waals surface area contributed by atoms with Gasteiger partial charge in [-0.2, -0.15) is 5.10 Å². The van der Waals surface area contributed by atoms with Crippen molar-refractivity contribution >= 4 is 35.0 Å². The first-order valence-electron chi connectivity index (χ1n) is 14.5. The van der Waals surface area contributed by atoms with Crippen molar-refractivity contribution in [1.29, 1.82) is 0 Å². The smallest absolute Gasteiger partial charge is 0.247 e. The van der Waals surface area contributed by atoms with E-state index in [2.05, 4.69) is 92.1 Å². The Labute approximate surface area is 235 Å². The summed E-state index contributed by atoms with van der Waals surface area (Å²) >= 11 is 0. The fourth-order valence-electron chi connectivity index (χ4n) is 6.06. The molecule has 2 N–H and O–H groups in total. The highest BCUT2D eigenvalue weighted by Crippen LogP contribution is 2.31. The largest absolute Gasteiger partial charge is 0.351 e. The molecule has 2 aliphatic heterocycles. The normalized spacial score (nSPS) is 21.6. The summed E-state index contributed by atoms with van der Waals surface area (Å²) in [7, 11) is 0. The fraction of sp³-hybridized carbons (Fsp3) is 0.294. The zero-order valence-electron chi connectivity index (χ0n) is 22.7. The molecule has 6 heteroatoms. The summed E-state index contributed by atoms with van der Waals surface area (Å²) in [6.45, 7) is 6.43. The average molecular weight is 530 g/mol. The Morgan fingerprint density at radius 2 is 1.65 bits per heavy atom. The van der Waals surface area contributed by atoms with Crippen LogP contribution in [-0.4, -0.2) is 64.7 Å². The molecule has 202 valence electrons. The zero-order chi connectivity index (χ0) is 26.9. The number of carbonyl (C=O) groups excluding carboxylic acids is 1. The van der Waals surface area contributed by atoms with E-state index < -0.39 is 0 Å². The van der Waals surface area contributed by atoms with E-state index in [0.29, 0.717) is 6.54 Å². The summed E-state index contributed by atoms with van der Waals surface area (Å²) in [4.78, 5) is 17.8. The summed E-state index contributed by atoms with van der Waals surface area (Å²) in [5, 5.41) is 11.8. The van der Waals surface area contributed by atoms with Crippen LogP contribution in [0.1, 0.15) is 46.7 Å². The van der Waals surface area contributed by atoms with Crippen LogP contribution in [0.2, 0.25) is 0 Å². The summed E-state index contributed by atoms with van der Waals surface area (Å²) in [6, 6.07) is 26.2. The van der Waals surface area contributed by atoms with Crippen LogP contribution in [0.3, 0.4) is 0 Å². The molecule has 40 heavy (non-hydrogen) atoms. The van der Waals surface area contributed by atoms with E-state index in [4.69, 9.17) is 0 Å². The van der Waals surface area contributed by atoms with Crippen molar-refractivity contribution in [2.75, 3.05) is 32.7 Å². The number of nitrogens with one attached hydrogen (secondary N) is 2. The maximum atomic E-state index is 12.6. The lowest BCUT2D eigenvalue weighted by Gasteiger charge is -2.34. The average Bonchev–Trinajstić information content (AvgIpc) is 3.68. The van der Waals surface area contributed by atoms with Crippen molar-refractivity contribution in [3.05, 3.63) is 106 Å². The molecule has 3 fully saturated rings. The molecule has 0 bridgehead atoms. The number of rotatable bonds is 7. The SMILES string of the molecule is O=C1NCC(c2ccccc2)/C1=C\c1ccc2c(/C=C/c3ccc(CN4CCN(C5CC5)CC4)cc3)n[nH]c2c1. The van der Waals surface area contributed by atoms with Gasteiger partial charge in [0.05, 0.1) is 11.2 Å². The molecular weight excluding hydrogens is 494 g/mol. The van der Waals surface area contributed by atoms with E-state index in [1.165, 1.54) is 50.1 Å². The second kappa shape index (κ2) is 10.9. The highest BCUT2D eigenvalue weighted by Gasteiger charge is 2.31. The number of aromatic nitrogens is 2. The van der Waals surface area contributed by atoms with Gasteiger partial charge in [0, 0.05) is 62.2 Å². The van der Waals surface area contributed by atoms with E-state index in [1.54, 1.807) is 0 Å². The maximum Gasteiger partial charge on any atom is 0.247 e. The number of carbonyl (C=O) groups is 1. The highest BCUT2D eigenvalue weighted by molar-refractivity contribution is 6.02. The molecular formula is C34H35N5O. The van der Waals surface area contributed by atoms with E-state index in [1.807, 2.05) is 24.3 Å². The molecule has 6 nitrogen and oxygen atoms in total. The first-order chi connectivity index (χ1) is 19.7. The number of piperazine rings is 1. The minimum atomic E-state index is 0.00403. The topological polar surface area (TPSA) is 64.3 Å². The predicted molar refractivity (Wildman–Crippen MR) is 162 cm³/mol. The predicted octanol–water partition coefficient (Wildman–Crippen LogP) is 5.31. The molecule has 1 amide bonds. The number of hydrogen-bond acceptors (Lipinski definition) is 4. The van der Waals surface area contributed by atoms with Crippen molar-refractivity contribution < 1.29 is 4.79 Å². The van der Waals surface area contributed by atoms with Crippen LogP contribution in [0.4, 0.5) is 0 Å². The van der Waals surface area contributed by atoms with Crippen LogP contribution < -0.4 is 5.32 Å². The molecule has 1 aromatic heterocycles. The lowest BCUT2D eigenvalue weighted by molar-refractivity contribution is -0.116. The number of H-pyrrole nitrogens is 1. The minimum Gasteiger partial charge on any atom is -0.351 e. The Morgan fingerprint density at radius 3 is 2.42 bits per heavy atom. The van der Waals surface area contributed by atoms with Crippen LogP contribution >= 0.6 is 0 Å². The van der Waals surface area contributed by atoms with Gasteiger partial charge >= 0.3 is 0 Å². The molecule has 3 heterocycles. The van der Waals surface area contributed by atoms with Crippen LogP contribution in [0, 0.1) is 0 Å². The lowest BCUT2D eigenvalue weighted by Crippen LogP contribution is -2.46. The van der Waals surface area contributed by atoms with Crippen LogP contribution in [0.25, 0.3) is 29.1 Å². The standard InChI is InChI=1S/C34H35N5O/c40-34-30(31(22-35-34)27-4-2-1-3-5-27)20-26-10-14-29-32(36-37-33(29)21-26)15-11-24-6-8-25(9-7-24)23-38-16-18-39(19-17-38)28-12-13-28/h1-11,14-15,20-21,28,31H,12-13,16-19,22-23H2,(H,35,40)(H,36,37)/b15-11+,30-20+. The van der Waals surface area contributed by atoms with Crippen LogP contribution in [0.5, 0.6) is 0 Å². The molecule has 4 aromatic rings. The number of aromatic amines is 1. The summed E-state index contributed by atoms with van der Waals surface area (Å²) in [6.07, 6.45) is 9.00. The molecule has 1 unspecified atom stereocenters. The van der Waals surface area contributed by atoms with Crippen LogP contribution in [0.15, 0.2) is 78.4 Å². The Bertz CT molecular complexity index is 1560. The second-order valence-electron chi connectivity index (χ2n) is 11.3. The van der Waals surface area contributed by atoms with E-state index in [0.717, 1.165) is 45.9 Å². The third-order valence-corrected chi connectivity index (χ3v) is 8.53. The van der Waals surface area contributed by atoms with Gasteiger partial charge in [-0.1, -0.05) is 66.7 Å². The third-order valence-electron chi connectivity index (χ3n) is 8.53. The molecule has 7 rings (SSSR count). The number of nitrogens with zero attached hydrogens (tertiary/aromatic N) is 3. The number of benzene rings is 3. The molecule has 2 saturated heterocycles. The molecule has 3 aromatic carbocycles. The monoisotopic (exact) mass is 529 g/mol. The van der Waals surface area contributed by atoms with E-state index >= 15 is 0 Å². The van der Waals surface area contributed by atoms with Crippen molar-refractivity contribution in [2.45, 2.75) is 31.3 Å². The molecule has 1 aliphatic carbocycles. The fourth-order valence-corrected chi connectivity index (χ4v) is 6.06. The second-order valence-corrected chi connectivity index (χ2v) is 11.3. The van der Waals surface area contributed by atoms with Gasteiger partial charge < -0.3 is 5.32 Å². The first kappa shape index (κ1) is 25.0. The summed E-state index contributed by atoms with van der Waals surface area (Å²) in [5.41, 5.74) is 7.35. The highest BCUT2D eigenvalue weighted by atomic mass is 16.2. The maximum absolute atomic E-state index is 12.6. The summed E-state index contributed by atoms with van der Waals surface area (Å²) < 4.78 is 0. The summed E-state index contributed by atoms with van der Waals surface area (Å²) in [5.74, 6) is 0.0675. The minimum absolute atomic E-state index is 0.00403. The van der Waals surface area contributed by atoms with E-state index in [9.17, 15) is 4.79 Å². The number of fused-ring (bicyclic) bond motifs is 1. The van der Waals surface area contributed by atoms with Crippen LogP contribution in [-0.2, 0) is 11.3 Å². The molecule has 0 radical (unpaired) electrons. The van der Waals surface area contributed by atoms with Gasteiger partial charge in [0.1, 0.15) is 0 Å².